The van der Waals surface area contributed by atoms with Gasteiger partial charge in [-0.2, -0.15) is 0 Å². The van der Waals surface area contributed by atoms with Gasteiger partial charge in [-0.15, -0.1) is 0 Å². The predicted molar refractivity (Wildman–Crippen MR) is 35.5 cm³/mol. The average Bonchev–Trinajstić information content (AvgIpc) is 0.722. The Morgan fingerprint density at radius 3 is 1.17 bits per heavy atom. The van der Waals surface area contributed by atoms with Crippen LogP contribution in [0.15, 0.2) is 0 Å². The summed E-state index contributed by atoms with van der Waals surface area (Å²) in [5.74, 6) is 0. The molecule has 0 bridgehead atoms. The highest BCUT2D eigenvalue weighted by Gasteiger charge is 2.03. The summed E-state index contributed by atoms with van der Waals surface area (Å²) < 4.78 is 0. The van der Waals surface area contributed by atoms with E-state index in [1.54, 1.807) is 0 Å². The van der Waals surface area contributed by atoms with Crippen molar-refractivity contribution in [2.45, 2.75) is 19.6 Å². The summed E-state index contributed by atoms with van der Waals surface area (Å²) in [6, 6.07) is 0. The van der Waals surface area contributed by atoms with E-state index in [2.05, 4.69) is 0 Å². The summed E-state index contributed by atoms with van der Waals surface area (Å²) in [5.41, 5.74) is 0. The topological polar surface area (TPSA) is 20.2 Å². The van der Waals surface area contributed by atoms with Crippen LogP contribution < -0.4 is 0 Å². The fraction of sp³-hybridized carbons (Fsp3) is 1.00. The van der Waals surface area contributed by atoms with Gasteiger partial charge in [0.1, 0.15) is 0 Å². The summed E-state index contributed by atoms with van der Waals surface area (Å²) in [7, 11) is -1.61. The second-order valence-corrected chi connectivity index (χ2v) is 6.51. The minimum Gasteiger partial charge on any atom is -0.433 e. The Morgan fingerprint density at radius 2 is 1.17 bits per heavy atom. The molecule has 6 heavy (non-hydrogen) atoms. The second-order valence-electron chi connectivity index (χ2n) is 2.17. The first-order valence-electron chi connectivity index (χ1n) is 1.72. The summed E-state index contributed by atoms with van der Waals surface area (Å²) in [4.78, 5) is 8.66. The molecule has 1 nitrogen and oxygen atoms in total. The zero-order chi connectivity index (χ0) is 4.50. The molecule has 0 rings (SSSR count). The maximum atomic E-state index is 8.66. The van der Waals surface area contributed by atoms with Crippen molar-refractivity contribution in [2.75, 3.05) is 0 Å². The highest BCUT2D eigenvalue weighted by Crippen LogP contribution is 1.88. The van der Waals surface area contributed by atoms with E-state index in [0.29, 0.717) is 0 Å². The van der Waals surface area contributed by atoms with E-state index < -0.39 is 8.32 Å². The smallest absolute Gasteiger partial charge is 0.187 e. The van der Waals surface area contributed by atoms with Crippen molar-refractivity contribution in [2.24, 2.45) is 0 Å². The molecule has 0 saturated heterocycles. The minimum absolute atomic E-state index is 0. The van der Waals surface area contributed by atoms with Crippen LogP contribution in [0.2, 0.25) is 19.6 Å². The van der Waals surface area contributed by atoms with Crippen molar-refractivity contribution >= 4 is 25.7 Å². The normalized spacial score (nSPS) is 10.0. The van der Waals surface area contributed by atoms with Crippen molar-refractivity contribution in [1.82, 2.24) is 0 Å². The van der Waals surface area contributed by atoms with Crippen molar-refractivity contribution in [3.05, 3.63) is 0 Å². The van der Waals surface area contributed by atoms with E-state index in [4.69, 9.17) is 4.80 Å². The van der Waals surface area contributed by atoms with Gasteiger partial charge in [-0.1, -0.05) is 0 Å². The monoisotopic (exact) mass is 120 g/mol. The number of hydrogen-bond acceptors (Lipinski definition) is 1. The van der Waals surface area contributed by atoms with Crippen molar-refractivity contribution in [3.63, 3.8) is 0 Å². The van der Waals surface area contributed by atoms with E-state index in [-0.39, 0.29) is 17.4 Å². The van der Waals surface area contributed by atoms with Crippen LogP contribution in [0, 0.1) is 0 Å². The Hall–Kier alpha value is 0.709. The number of hydrogen-bond donors (Lipinski definition) is 1. The van der Waals surface area contributed by atoms with Gasteiger partial charge in [0.2, 0.25) is 0 Å². The summed E-state index contributed by atoms with van der Waals surface area (Å²) in [6.45, 7) is 5.65. The van der Waals surface area contributed by atoms with E-state index in [1.807, 2.05) is 19.6 Å². The van der Waals surface area contributed by atoms with Crippen LogP contribution in [0.3, 0.4) is 0 Å². The largest absolute Gasteiger partial charge is 0.433 e. The van der Waals surface area contributed by atoms with E-state index in [0.717, 1.165) is 0 Å². The molecule has 0 unspecified atom stereocenters. The molecule has 0 aromatic heterocycles. The third-order valence-corrected chi connectivity index (χ3v) is 0. The van der Waals surface area contributed by atoms with Gasteiger partial charge >= 0.3 is 0 Å². The van der Waals surface area contributed by atoms with Crippen LogP contribution in [0.1, 0.15) is 0 Å². The first kappa shape index (κ1) is 9.86. The molecule has 0 heterocycles. The molecule has 1 N–H and O–H groups in total. The lowest BCUT2D eigenvalue weighted by atomic mass is 11.8. The Bertz CT molecular complexity index is 26.3. The van der Waals surface area contributed by atoms with E-state index in [1.165, 1.54) is 0 Å². The minimum atomic E-state index is -1.61. The third-order valence-electron chi connectivity index (χ3n) is 0. The maximum absolute atomic E-state index is 8.66. The Morgan fingerprint density at radius 1 is 1.17 bits per heavy atom. The van der Waals surface area contributed by atoms with Crippen LogP contribution in [0.25, 0.3) is 0 Å². The van der Waals surface area contributed by atoms with Crippen LogP contribution in [0.4, 0.5) is 0 Å². The lowest BCUT2D eigenvalue weighted by molar-refractivity contribution is 0.561. The number of rotatable bonds is 0. The zero-order valence-electron chi connectivity index (χ0n) is 3.95. The van der Waals surface area contributed by atoms with Crippen LogP contribution >= 0.6 is 0 Å². The Balaban J connectivity index is 0. The van der Waals surface area contributed by atoms with Gasteiger partial charge in [0, 0.05) is 0 Å². The van der Waals surface area contributed by atoms with Crippen molar-refractivity contribution in [1.29, 1.82) is 0 Å². The molecule has 0 aliphatic rings. The molecule has 0 atom stereocenters. The molecule has 0 spiro atoms. The molecule has 0 amide bonds. The quantitative estimate of drug-likeness (QED) is 0.432. The van der Waals surface area contributed by atoms with Gasteiger partial charge in [-0.05, 0) is 19.6 Å². The molecule has 38 valence electrons. The fourth-order valence-electron chi connectivity index (χ4n) is 0. The second kappa shape index (κ2) is 2.81. The molecule has 0 aliphatic heterocycles. The van der Waals surface area contributed by atoms with Crippen LogP contribution in [-0.4, -0.2) is 30.5 Å². The Kier molecular flexibility index (Phi) is 4.62. The van der Waals surface area contributed by atoms with E-state index >= 15 is 0 Å². The SMILES string of the molecule is C[Si](C)(C)O.[AlH3]. The van der Waals surface area contributed by atoms with Gasteiger partial charge in [0.25, 0.3) is 0 Å². The predicted octanol–water partition coefficient (Wildman–Crippen LogP) is -0.370. The standard InChI is InChI=1S/C3H10OSi.Al.3H/c1-5(2,3)4;;;;/h4H,1-3H3;;;;. The lowest BCUT2D eigenvalue weighted by Crippen LogP contribution is -2.17. The highest BCUT2D eigenvalue weighted by atomic mass is 28.4. The van der Waals surface area contributed by atoms with Gasteiger partial charge in [-0.3, -0.25) is 0 Å². The van der Waals surface area contributed by atoms with Crippen molar-refractivity contribution < 1.29 is 4.80 Å². The van der Waals surface area contributed by atoms with Gasteiger partial charge in [0.05, 0.1) is 0 Å². The lowest BCUT2D eigenvalue weighted by Gasteiger charge is -2.00. The summed E-state index contributed by atoms with van der Waals surface area (Å²) in [5, 5.41) is 0. The third kappa shape index (κ3) is 129. The van der Waals surface area contributed by atoms with Crippen molar-refractivity contribution in [3.8, 4) is 0 Å². The van der Waals surface area contributed by atoms with Crippen LogP contribution in [0.5, 0.6) is 0 Å². The summed E-state index contributed by atoms with van der Waals surface area (Å²) in [6.07, 6.45) is 0. The first-order chi connectivity index (χ1) is 2.00. The van der Waals surface area contributed by atoms with Gasteiger partial charge in [-0.25, -0.2) is 0 Å². The van der Waals surface area contributed by atoms with E-state index in [9.17, 15) is 0 Å². The molecule has 0 aliphatic carbocycles. The molecular weight excluding hydrogens is 107 g/mol. The Labute approximate surface area is 50.6 Å². The highest BCUT2D eigenvalue weighted by molar-refractivity contribution is 6.68. The first-order valence-corrected chi connectivity index (χ1v) is 5.17. The molecule has 0 radical (unpaired) electrons. The van der Waals surface area contributed by atoms with Crippen LogP contribution in [-0.2, 0) is 0 Å². The molecule has 0 fully saturated rings. The average molecular weight is 120 g/mol. The van der Waals surface area contributed by atoms with Gasteiger partial charge < -0.3 is 4.80 Å². The van der Waals surface area contributed by atoms with Gasteiger partial charge in [0.15, 0.2) is 25.7 Å². The summed E-state index contributed by atoms with van der Waals surface area (Å²) >= 11 is 0. The fourth-order valence-corrected chi connectivity index (χ4v) is 0. The molecule has 3 heteroatoms. The molecular formula is C3H13AlOSi. The molecule has 0 saturated carbocycles. The zero-order valence-corrected chi connectivity index (χ0v) is 4.95. The maximum Gasteiger partial charge on any atom is 0.187 e. The molecule has 0 aromatic rings. The molecule has 0 aromatic carbocycles.